The highest BCUT2D eigenvalue weighted by molar-refractivity contribution is 14.1. The van der Waals surface area contributed by atoms with Crippen molar-refractivity contribution in [2.75, 3.05) is 12.4 Å². The molecule has 1 amide bonds. The standard InChI is InChI=1S/C20H17IN2O6/c1-28-17(8-9-18(25)26)19(15-10-13(21)4-7-16(15)24)29-20(27)23-14-5-2-12(11-22)3-6-14/h2-10,17,19,24H,1H3,(H,23,27)(H,25,26)/b9-8+/t17-,19-/m0/s1. The maximum atomic E-state index is 12.4. The lowest BCUT2D eigenvalue weighted by Gasteiger charge is -2.25. The molecule has 2 atom stereocenters. The van der Waals surface area contributed by atoms with Gasteiger partial charge in [0, 0.05) is 28.0 Å². The number of nitrogens with zero attached hydrogens (tertiary/aromatic N) is 1. The van der Waals surface area contributed by atoms with Crippen LogP contribution in [-0.2, 0) is 14.3 Å². The van der Waals surface area contributed by atoms with Crippen LogP contribution >= 0.6 is 22.6 Å². The molecule has 0 heterocycles. The van der Waals surface area contributed by atoms with E-state index in [0.717, 1.165) is 9.65 Å². The van der Waals surface area contributed by atoms with E-state index in [2.05, 4.69) is 5.32 Å². The van der Waals surface area contributed by atoms with E-state index in [-0.39, 0.29) is 11.3 Å². The number of anilines is 1. The van der Waals surface area contributed by atoms with Gasteiger partial charge in [-0.2, -0.15) is 5.26 Å². The number of hydrogen-bond donors (Lipinski definition) is 3. The Morgan fingerprint density at radius 1 is 1.24 bits per heavy atom. The Balaban J connectivity index is 2.30. The van der Waals surface area contributed by atoms with Crippen LogP contribution in [0.3, 0.4) is 0 Å². The molecule has 150 valence electrons. The summed E-state index contributed by atoms with van der Waals surface area (Å²) in [5, 5.41) is 30.5. The van der Waals surface area contributed by atoms with Gasteiger partial charge >= 0.3 is 12.1 Å². The molecule has 0 aliphatic carbocycles. The number of phenols is 1. The van der Waals surface area contributed by atoms with E-state index in [1.165, 1.54) is 43.5 Å². The van der Waals surface area contributed by atoms with Crippen molar-refractivity contribution in [3.05, 3.63) is 69.3 Å². The zero-order chi connectivity index (χ0) is 21.4. The number of ether oxygens (including phenoxy) is 2. The molecule has 0 fully saturated rings. The van der Waals surface area contributed by atoms with Crippen LogP contribution < -0.4 is 5.32 Å². The summed E-state index contributed by atoms with van der Waals surface area (Å²) in [5.74, 6) is -1.33. The highest BCUT2D eigenvalue weighted by Crippen LogP contribution is 2.33. The third kappa shape index (κ3) is 6.48. The quantitative estimate of drug-likeness (QED) is 0.383. The largest absolute Gasteiger partial charge is 0.508 e. The van der Waals surface area contributed by atoms with Crippen molar-refractivity contribution in [2.45, 2.75) is 12.2 Å². The monoisotopic (exact) mass is 508 g/mol. The number of carboxylic acid groups (broad SMARTS) is 1. The molecular formula is C20H17IN2O6. The number of nitriles is 1. The minimum absolute atomic E-state index is 0.132. The Morgan fingerprint density at radius 3 is 2.52 bits per heavy atom. The van der Waals surface area contributed by atoms with Gasteiger partial charge in [-0.3, -0.25) is 5.32 Å². The van der Waals surface area contributed by atoms with E-state index in [9.17, 15) is 14.7 Å². The van der Waals surface area contributed by atoms with Crippen molar-refractivity contribution in [2.24, 2.45) is 0 Å². The molecule has 0 unspecified atom stereocenters. The second-order valence-corrected chi connectivity index (χ2v) is 6.99. The molecule has 2 aromatic rings. The average molecular weight is 508 g/mol. The number of benzene rings is 2. The maximum absolute atomic E-state index is 12.4. The van der Waals surface area contributed by atoms with Gasteiger partial charge in [-0.05, 0) is 71.1 Å². The fourth-order valence-electron chi connectivity index (χ4n) is 2.43. The van der Waals surface area contributed by atoms with Gasteiger partial charge in [0.05, 0.1) is 11.6 Å². The highest BCUT2D eigenvalue weighted by Gasteiger charge is 2.28. The number of rotatable bonds is 7. The number of phenolic OH excluding ortho intramolecular Hbond substituents is 1. The summed E-state index contributed by atoms with van der Waals surface area (Å²) in [6.07, 6.45) is -0.843. The molecule has 0 aliphatic heterocycles. The van der Waals surface area contributed by atoms with Gasteiger partial charge < -0.3 is 19.7 Å². The van der Waals surface area contributed by atoms with Crippen LogP contribution in [0.5, 0.6) is 5.75 Å². The molecule has 0 saturated carbocycles. The summed E-state index contributed by atoms with van der Waals surface area (Å²) in [6.45, 7) is 0. The van der Waals surface area contributed by atoms with E-state index < -0.39 is 24.3 Å². The summed E-state index contributed by atoms with van der Waals surface area (Å²) < 4.78 is 11.5. The highest BCUT2D eigenvalue weighted by atomic mass is 127. The molecule has 8 nitrogen and oxygen atoms in total. The van der Waals surface area contributed by atoms with E-state index in [1.807, 2.05) is 28.7 Å². The van der Waals surface area contributed by atoms with Crippen molar-refractivity contribution in [1.82, 2.24) is 0 Å². The van der Waals surface area contributed by atoms with Crippen LogP contribution in [-0.4, -0.2) is 35.5 Å². The number of carbonyl (C=O) groups excluding carboxylic acids is 1. The molecule has 0 spiro atoms. The van der Waals surface area contributed by atoms with Gasteiger partial charge in [0.25, 0.3) is 0 Å². The third-order valence-electron chi connectivity index (χ3n) is 3.79. The number of aliphatic carboxylic acids is 1. The minimum atomic E-state index is -1.19. The maximum Gasteiger partial charge on any atom is 0.412 e. The smallest absolute Gasteiger partial charge is 0.412 e. The summed E-state index contributed by atoms with van der Waals surface area (Å²) in [5.41, 5.74) is 1.09. The van der Waals surface area contributed by atoms with Crippen molar-refractivity contribution in [1.29, 1.82) is 5.26 Å². The lowest BCUT2D eigenvalue weighted by atomic mass is 10.0. The summed E-state index contributed by atoms with van der Waals surface area (Å²) >= 11 is 2.04. The molecule has 2 rings (SSSR count). The molecular weight excluding hydrogens is 491 g/mol. The van der Waals surface area contributed by atoms with E-state index in [4.69, 9.17) is 19.8 Å². The van der Waals surface area contributed by atoms with Crippen molar-refractivity contribution < 1.29 is 29.3 Å². The van der Waals surface area contributed by atoms with Gasteiger partial charge in [-0.1, -0.05) is 0 Å². The fraction of sp³-hybridized carbons (Fsp3) is 0.150. The minimum Gasteiger partial charge on any atom is -0.508 e. The van der Waals surface area contributed by atoms with E-state index in [0.29, 0.717) is 11.3 Å². The zero-order valence-corrected chi connectivity index (χ0v) is 17.4. The number of aromatic hydroxyl groups is 1. The van der Waals surface area contributed by atoms with E-state index >= 15 is 0 Å². The Kier molecular flexibility index (Phi) is 7.99. The Morgan fingerprint density at radius 2 is 1.93 bits per heavy atom. The number of amides is 1. The van der Waals surface area contributed by atoms with Crippen molar-refractivity contribution in [3.63, 3.8) is 0 Å². The molecule has 29 heavy (non-hydrogen) atoms. The molecule has 0 bridgehead atoms. The van der Waals surface area contributed by atoms with Gasteiger partial charge in [0.1, 0.15) is 11.9 Å². The van der Waals surface area contributed by atoms with Gasteiger partial charge in [-0.25, -0.2) is 9.59 Å². The predicted molar refractivity (Wildman–Crippen MR) is 112 cm³/mol. The van der Waals surface area contributed by atoms with Crippen LogP contribution in [0, 0.1) is 14.9 Å². The summed E-state index contributed by atoms with van der Waals surface area (Å²) in [7, 11) is 1.33. The zero-order valence-electron chi connectivity index (χ0n) is 15.2. The molecule has 9 heteroatoms. The second kappa shape index (κ2) is 10.4. The SMILES string of the molecule is CO[C@@H](/C=C/C(=O)O)[C@@H](OC(=O)Nc1ccc(C#N)cc1)c1cc(I)ccc1O. The van der Waals surface area contributed by atoms with Gasteiger partial charge in [0.15, 0.2) is 6.10 Å². The van der Waals surface area contributed by atoms with E-state index in [1.54, 1.807) is 12.1 Å². The number of nitrogens with one attached hydrogen (secondary N) is 1. The van der Waals surface area contributed by atoms with Crippen molar-refractivity contribution in [3.8, 4) is 11.8 Å². The number of halogens is 1. The van der Waals surface area contributed by atoms with Crippen LogP contribution in [0.2, 0.25) is 0 Å². The normalized spacial score (nSPS) is 12.7. The first-order valence-electron chi connectivity index (χ1n) is 8.24. The topological polar surface area (TPSA) is 129 Å². The number of methoxy groups -OCH3 is 1. The predicted octanol–water partition coefficient (Wildman–Crippen LogP) is 3.81. The number of carbonyl (C=O) groups is 2. The first-order chi connectivity index (χ1) is 13.8. The summed E-state index contributed by atoms with van der Waals surface area (Å²) in [6, 6.07) is 12.8. The second-order valence-electron chi connectivity index (χ2n) is 5.74. The van der Waals surface area contributed by atoms with Crippen LogP contribution in [0.25, 0.3) is 0 Å². The van der Waals surface area contributed by atoms with Gasteiger partial charge in [0.2, 0.25) is 0 Å². The van der Waals surface area contributed by atoms with Crippen LogP contribution in [0.1, 0.15) is 17.2 Å². The number of hydrogen-bond acceptors (Lipinski definition) is 6. The molecule has 0 saturated heterocycles. The average Bonchev–Trinajstić information content (AvgIpc) is 2.69. The Labute approximate surface area is 180 Å². The first-order valence-corrected chi connectivity index (χ1v) is 9.32. The van der Waals surface area contributed by atoms with Gasteiger partial charge in [-0.15, -0.1) is 0 Å². The number of carboxylic acids is 1. The molecule has 0 aliphatic rings. The molecule has 0 aromatic heterocycles. The lowest BCUT2D eigenvalue weighted by Crippen LogP contribution is -2.27. The molecule has 2 aromatic carbocycles. The molecule has 3 N–H and O–H groups in total. The Bertz CT molecular complexity index is 952. The van der Waals surface area contributed by atoms with Crippen LogP contribution in [0.4, 0.5) is 10.5 Å². The van der Waals surface area contributed by atoms with Crippen molar-refractivity contribution >= 4 is 40.3 Å². The fourth-order valence-corrected chi connectivity index (χ4v) is 2.95. The first kappa shape index (κ1) is 22.2. The van der Waals surface area contributed by atoms with Crippen LogP contribution in [0.15, 0.2) is 54.6 Å². The lowest BCUT2D eigenvalue weighted by molar-refractivity contribution is -0.131. The Hall–Kier alpha value is -3.10. The third-order valence-corrected chi connectivity index (χ3v) is 4.46. The summed E-state index contributed by atoms with van der Waals surface area (Å²) in [4.78, 5) is 23.3. The molecule has 0 radical (unpaired) electrons.